The summed E-state index contributed by atoms with van der Waals surface area (Å²) in [6.07, 6.45) is 0. The van der Waals surface area contributed by atoms with Crippen molar-refractivity contribution in [1.29, 1.82) is 0 Å². The molecule has 0 amide bonds. The van der Waals surface area contributed by atoms with Crippen molar-refractivity contribution in [2.75, 3.05) is 7.11 Å². The van der Waals surface area contributed by atoms with Crippen LogP contribution in [0.3, 0.4) is 0 Å². The maximum absolute atomic E-state index is 5.92. The van der Waals surface area contributed by atoms with Gasteiger partial charge in [0.25, 0.3) is 0 Å². The van der Waals surface area contributed by atoms with E-state index in [-0.39, 0.29) is 0 Å². The standard InChI is InChI=1S/C17H15IN2O3/c1-11-19-17(20-23-11)13-8-16(15(21-2)9-14(13)18)22-10-12-6-4-3-5-7-12/h3-9H,10H2,1-2H3. The molecule has 0 spiro atoms. The second-order valence-corrected chi connectivity index (χ2v) is 6.06. The fourth-order valence-corrected chi connectivity index (χ4v) is 2.80. The van der Waals surface area contributed by atoms with Crippen LogP contribution in [0, 0.1) is 10.5 Å². The molecule has 0 radical (unpaired) electrons. The van der Waals surface area contributed by atoms with Crippen molar-refractivity contribution in [2.24, 2.45) is 0 Å². The smallest absolute Gasteiger partial charge is 0.223 e. The zero-order valence-electron chi connectivity index (χ0n) is 12.7. The summed E-state index contributed by atoms with van der Waals surface area (Å²) in [4.78, 5) is 4.28. The number of benzene rings is 2. The molecule has 0 atom stereocenters. The highest BCUT2D eigenvalue weighted by molar-refractivity contribution is 14.1. The molecular formula is C17H15IN2O3. The molecule has 5 nitrogen and oxygen atoms in total. The molecule has 3 rings (SSSR count). The average molecular weight is 422 g/mol. The van der Waals surface area contributed by atoms with Gasteiger partial charge in [-0.15, -0.1) is 0 Å². The Morgan fingerprint density at radius 1 is 1.13 bits per heavy atom. The highest BCUT2D eigenvalue weighted by Gasteiger charge is 2.15. The van der Waals surface area contributed by atoms with Gasteiger partial charge in [-0.05, 0) is 40.3 Å². The van der Waals surface area contributed by atoms with Gasteiger partial charge >= 0.3 is 0 Å². The van der Waals surface area contributed by atoms with E-state index in [0.29, 0.717) is 29.8 Å². The quantitative estimate of drug-likeness (QED) is 0.576. The first-order valence-corrected chi connectivity index (χ1v) is 8.10. The van der Waals surface area contributed by atoms with Crippen molar-refractivity contribution < 1.29 is 14.0 Å². The monoisotopic (exact) mass is 422 g/mol. The summed E-state index contributed by atoms with van der Waals surface area (Å²) in [5.74, 6) is 2.39. The number of hydrogen-bond donors (Lipinski definition) is 0. The van der Waals surface area contributed by atoms with Gasteiger partial charge in [-0.1, -0.05) is 35.5 Å². The van der Waals surface area contributed by atoms with E-state index in [1.807, 2.05) is 42.5 Å². The highest BCUT2D eigenvalue weighted by Crippen LogP contribution is 2.36. The van der Waals surface area contributed by atoms with E-state index in [0.717, 1.165) is 14.7 Å². The second kappa shape index (κ2) is 6.99. The summed E-state index contributed by atoms with van der Waals surface area (Å²) in [6, 6.07) is 13.8. The summed E-state index contributed by atoms with van der Waals surface area (Å²) >= 11 is 2.22. The largest absolute Gasteiger partial charge is 0.493 e. The Balaban J connectivity index is 1.91. The SMILES string of the molecule is COc1cc(I)c(-c2noc(C)n2)cc1OCc1ccccc1. The van der Waals surface area contributed by atoms with Crippen molar-refractivity contribution in [2.45, 2.75) is 13.5 Å². The van der Waals surface area contributed by atoms with Crippen LogP contribution >= 0.6 is 22.6 Å². The van der Waals surface area contributed by atoms with Gasteiger partial charge in [0.2, 0.25) is 11.7 Å². The molecule has 23 heavy (non-hydrogen) atoms. The molecule has 1 heterocycles. The maximum atomic E-state index is 5.92. The molecule has 0 aliphatic heterocycles. The third kappa shape index (κ3) is 3.64. The van der Waals surface area contributed by atoms with Crippen molar-refractivity contribution in [3.05, 3.63) is 57.5 Å². The molecule has 0 N–H and O–H groups in total. The Morgan fingerprint density at radius 2 is 1.91 bits per heavy atom. The minimum absolute atomic E-state index is 0.461. The van der Waals surface area contributed by atoms with Gasteiger partial charge in [0.15, 0.2) is 11.5 Å². The van der Waals surface area contributed by atoms with E-state index in [2.05, 4.69) is 32.7 Å². The van der Waals surface area contributed by atoms with Crippen LogP contribution in [-0.2, 0) is 6.61 Å². The molecule has 118 valence electrons. The topological polar surface area (TPSA) is 57.4 Å². The molecule has 1 aromatic heterocycles. The highest BCUT2D eigenvalue weighted by atomic mass is 127. The summed E-state index contributed by atoms with van der Waals surface area (Å²) in [5, 5.41) is 3.97. The molecule has 0 aliphatic carbocycles. The number of halogens is 1. The van der Waals surface area contributed by atoms with Crippen LogP contribution in [-0.4, -0.2) is 17.3 Å². The number of aromatic nitrogens is 2. The molecular weight excluding hydrogens is 407 g/mol. The van der Waals surface area contributed by atoms with E-state index < -0.39 is 0 Å². The summed E-state index contributed by atoms with van der Waals surface area (Å²) < 4.78 is 17.4. The number of hydrogen-bond acceptors (Lipinski definition) is 5. The van der Waals surface area contributed by atoms with Crippen LogP contribution in [0.4, 0.5) is 0 Å². The van der Waals surface area contributed by atoms with Gasteiger partial charge in [0.1, 0.15) is 6.61 Å². The lowest BCUT2D eigenvalue weighted by Gasteiger charge is -2.13. The van der Waals surface area contributed by atoms with Gasteiger partial charge < -0.3 is 14.0 Å². The first-order valence-electron chi connectivity index (χ1n) is 7.02. The minimum atomic E-state index is 0.461. The summed E-state index contributed by atoms with van der Waals surface area (Å²) in [6.45, 7) is 2.22. The zero-order chi connectivity index (χ0) is 16.2. The third-order valence-corrected chi connectivity index (χ3v) is 4.15. The predicted molar refractivity (Wildman–Crippen MR) is 94.5 cm³/mol. The first-order chi connectivity index (χ1) is 11.2. The van der Waals surface area contributed by atoms with Crippen LogP contribution in [0.15, 0.2) is 47.0 Å². The maximum Gasteiger partial charge on any atom is 0.223 e. The molecule has 0 bridgehead atoms. The van der Waals surface area contributed by atoms with Crippen molar-refractivity contribution >= 4 is 22.6 Å². The molecule has 3 aromatic rings. The average Bonchev–Trinajstić information content (AvgIpc) is 3.00. The lowest BCUT2D eigenvalue weighted by atomic mass is 10.2. The molecule has 2 aromatic carbocycles. The van der Waals surface area contributed by atoms with Gasteiger partial charge in [0.05, 0.1) is 7.11 Å². The van der Waals surface area contributed by atoms with Gasteiger partial charge in [-0.3, -0.25) is 0 Å². The Labute approximate surface area is 147 Å². The summed E-state index contributed by atoms with van der Waals surface area (Å²) in [5.41, 5.74) is 1.94. The molecule has 6 heteroatoms. The Morgan fingerprint density at radius 3 is 2.57 bits per heavy atom. The minimum Gasteiger partial charge on any atom is -0.493 e. The van der Waals surface area contributed by atoms with Crippen LogP contribution < -0.4 is 9.47 Å². The normalized spacial score (nSPS) is 10.6. The Kier molecular flexibility index (Phi) is 4.80. The van der Waals surface area contributed by atoms with Gasteiger partial charge in [0, 0.05) is 16.1 Å². The number of nitrogens with zero attached hydrogens (tertiary/aromatic N) is 2. The molecule has 0 saturated carbocycles. The number of rotatable bonds is 5. The van der Waals surface area contributed by atoms with Crippen LogP contribution in [0.2, 0.25) is 0 Å². The van der Waals surface area contributed by atoms with Crippen LogP contribution in [0.25, 0.3) is 11.4 Å². The fraction of sp³-hybridized carbons (Fsp3) is 0.176. The molecule has 0 unspecified atom stereocenters. The Bertz CT molecular complexity index is 803. The second-order valence-electron chi connectivity index (χ2n) is 4.89. The van der Waals surface area contributed by atoms with E-state index in [1.165, 1.54) is 0 Å². The predicted octanol–water partition coefficient (Wildman–Crippen LogP) is 4.24. The van der Waals surface area contributed by atoms with Gasteiger partial charge in [-0.25, -0.2) is 0 Å². The van der Waals surface area contributed by atoms with E-state index in [9.17, 15) is 0 Å². The number of methoxy groups -OCH3 is 1. The van der Waals surface area contributed by atoms with Crippen molar-refractivity contribution in [3.63, 3.8) is 0 Å². The number of ether oxygens (including phenoxy) is 2. The van der Waals surface area contributed by atoms with Gasteiger partial charge in [-0.2, -0.15) is 4.98 Å². The lowest BCUT2D eigenvalue weighted by Crippen LogP contribution is -1.99. The zero-order valence-corrected chi connectivity index (χ0v) is 14.9. The lowest BCUT2D eigenvalue weighted by molar-refractivity contribution is 0.284. The number of aryl methyl sites for hydroxylation is 1. The molecule has 0 aliphatic rings. The summed E-state index contributed by atoms with van der Waals surface area (Å²) in [7, 11) is 1.62. The van der Waals surface area contributed by atoms with E-state index in [4.69, 9.17) is 14.0 Å². The Hall–Kier alpha value is -2.09. The molecule has 0 saturated heterocycles. The van der Waals surface area contributed by atoms with Crippen molar-refractivity contribution in [1.82, 2.24) is 10.1 Å². The third-order valence-electron chi connectivity index (χ3n) is 3.26. The van der Waals surface area contributed by atoms with E-state index >= 15 is 0 Å². The van der Waals surface area contributed by atoms with E-state index in [1.54, 1.807) is 14.0 Å². The fourth-order valence-electron chi connectivity index (χ4n) is 2.12. The van der Waals surface area contributed by atoms with Crippen LogP contribution in [0.5, 0.6) is 11.5 Å². The molecule has 0 fully saturated rings. The first kappa shape index (κ1) is 15.8. The van der Waals surface area contributed by atoms with Crippen molar-refractivity contribution in [3.8, 4) is 22.9 Å². The van der Waals surface area contributed by atoms with Crippen LogP contribution in [0.1, 0.15) is 11.5 Å².